The Kier molecular flexibility index (Phi) is 7.53. The summed E-state index contributed by atoms with van der Waals surface area (Å²) in [6.07, 6.45) is 2.27. The van der Waals surface area contributed by atoms with E-state index in [2.05, 4.69) is 4.74 Å². The lowest BCUT2D eigenvalue weighted by Gasteiger charge is -2.26. The Balaban J connectivity index is 4.38. The van der Waals surface area contributed by atoms with Crippen LogP contribution in [0.5, 0.6) is 0 Å². The number of hydrogen-bond donors (Lipinski definition) is 0. The second-order valence-corrected chi connectivity index (χ2v) is 8.44. The summed E-state index contributed by atoms with van der Waals surface area (Å²) in [6, 6.07) is 2.71. The molecule has 0 bridgehead atoms. The molecule has 0 aromatic carbocycles. The topological polar surface area (TPSA) is 52.6 Å². The van der Waals surface area contributed by atoms with Crippen molar-refractivity contribution in [2.24, 2.45) is 0 Å². The van der Waals surface area contributed by atoms with Crippen LogP contribution in [0.4, 0.5) is 0 Å². The van der Waals surface area contributed by atoms with Crippen LogP contribution in [-0.4, -0.2) is 26.9 Å². The number of carbonyl (C=O) groups excluding carboxylic acids is 2. The molecule has 98 valence electrons. The van der Waals surface area contributed by atoms with Crippen molar-refractivity contribution in [3.05, 3.63) is 12.2 Å². The van der Waals surface area contributed by atoms with Crippen molar-refractivity contribution < 1.29 is 18.8 Å². The van der Waals surface area contributed by atoms with Crippen LogP contribution in [0, 0.1) is 0 Å². The molecule has 0 aromatic heterocycles. The summed E-state index contributed by atoms with van der Waals surface area (Å²) in [5.74, 6) is -0.948. The van der Waals surface area contributed by atoms with Crippen molar-refractivity contribution in [2.75, 3.05) is 6.61 Å². The first kappa shape index (κ1) is 15.9. The second kappa shape index (κ2) is 8.06. The SMILES string of the molecule is CCOC(=O)/C=C/C(=O)O[Si](CC)(CC)CC. The average molecular weight is 258 g/mol. The summed E-state index contributed by atoms with van der Waals surface area (Å²) >= 11 is 0. The highest BCUT2D eigenvalue weighted by Gasteiger charge is 2.32. The van der Waals surface area contributed by atoms with Crippen LogP contribution in [0.15, 0.2) is 12.2 Å². The molecule has 0 aliphatic carbocycles. The van der Waals surface area contributed by atoms with Crippen LogP contribution < -0.4 is 0 Å². The Hall–Kier alpha value is -1.10. The van der Waals surface area contributed by atoms with Gasteiger partial charge < -0.3 is 9.16 Å². The van der Waals surface area contributed by atoms with Gasteiger partial charge in [-0.2, -0.15) is 0 Å². The zero-order chi connectivity index (χ0) is 13.3. The molecule has 4 nitrogen and oxygen atoms in total. The van der Waals surface area contributed by atoms with E-state index in [0.717, 1.165) is 30.3 Å². The molecule has 0 atom stereocenters. The maximum atomic E-state index is 11.6. The van der Waals surface area contributed by atoms with E-state index < -0.39 is 20.3 Å². The molecule has 0 fully saturated rings. The van der Waals surface area contributed by atoms with E-state index in [4.69, 9.17) is 4.43 Å². The summed E-state index contributed by atoms with van der Waals surface area (Å²) in [5, 5.41) is 0. The van der Waals surface area contributed by atoms with Gasteiger partial charge in [0.1, 0.15) is 0 Å². The van der Waals surface area contributed by atoms with Crippen LogP contribution in [-0.2, 0) is 18.8 Å². The smallest absolute Gasteiger partial charge is 0.330 e. The minimum Gasteiger partial charge on any atom is -0.516 e. The zero-order valence-electron chi connectivity index (χ0n) is 11.1. The molecule has 0 unspecified atom stereocenters. The first-order valence-corrected chi connectivity index (χ1v) is 8.64. The Morgan fingerprint density at radius 3 is 1.82 bits per heavy atom. The summed E-state index contributed by atoms with van der Waals surface area (Å²) in [6.45, 7) is 8.15. The predicted octanol–water partition coefficient (Wildman–Crippen LogP) is 2.65. The van der Waals surface area contributed by atoms with Crippen molar-refractivity contribution in [2.45, 2.75) is 45.8 Å². The Labute approximate surface area is 104 Å². The quantitative estimate of drug-likeness (QED) is 0.400. The van der Waals surface area contributed by atoms with Gasteiger partial charge in [0.25, 0.3) is 8.32 Å². The Morgan fingerprint density at radius 1 is 0.941 bits per heavy atom. The van der Waals surface area contributed by atoms with Crippen LogP contribution in [0.25, 0.3) is 0 Å². The average Bonchev–Trinajstić information content (AvgIpc) is 2.34. The minimum absolute atomic E-state index is 0.301. The van der Waals surface area contributed by atoms with Gasteiger partial charge in [-0.1, -0.05) is 20.8 Å². The fourth-order valence-electron chi connectivity index (χ4n) is 1.54. The summed E-state index contributed by atoms with van der Waals surface area (Å²) in [5.41, 5.74) is 0. The highest BCUT2D eigenvalue weighted by molar-refractivity contribution is 6.75. The van der Waals surface area contributed by atoms with E-state index in [1.807, 2.05) is 20.8 Å². The molecule has 0 aromatic rings. The fourth-order valence-corrected chi connectivity index (χ4v) is 3.97. The number of rotatable bonds is 7. The van der Waals surface area contributed by atoms with Crippen LogP contribution in [0.1, 0.15) is 27.7 Å². The van der Waals surface area contributed by atoms with E-state index in [0.29, 0.717) is 6.61 Å². The molecule has 5 heteroatoms. The van der Waals surface area contributed by atoms with Crippen LogP contribution in [0.3, 0.4) is 0 Å². The molecule has 0 saturated heterocycles. The van der Waals surface area contributed by atoms with Gasteiger partial charge in [-0.25, -0.2) is 9.59 Å². The van der Waals surface area contributed by atoms with Gasteiger partial charge in [-0.3, -0.25) is 0 Å². The molecule has 0 N–H and O–H groups in total. The van der Waals surface area contributed by atoms with Gasteiger partial charge in [-0.15, -0.1) is 0 Å². The molecule has 0 radical (unpaired) electrons. The third kappa shape index (κ3) is 5.67. The number of hydrogen-bond acceptors (Lipinski definition) is 4. The molecule has 0 rings (SSSR count). The molecule has 0 amide bonds. The number of esters is 1. The van der Waals surface area contributed by atoms with Gasteiger partial charge in [0, 0.05) is 12.2 Å². The lowest BCUT2D eigenvalue weighted by atomic mass is 10.5. The molecule has 0 saturated carbocycles. The molecule has 17 heavy (non-hydrogen) atoms. The van der Waals surface area contributed by atoms with Crippen LogP contribution >= 0.6 is 0 Å². The van der Waals surface area contributed by atoms with Crippen molar-refractivity contribution >= 4 is 20.3 Å². The van der Waals surface area contributed by atoms with Crippen molar-refractivity contribution in [1.82, 2.24) is 0 Å². The van der Waals surface area contributed by atoms with Crippen molar-refractivity contribution in [3.8, 4) is 0 Å². The largest absolute Gasteiger partial charge is 0.516 e. The predicted molar refractivity (Wildman–Crippen MR) is 69.1 cm³/mol. The van der Waals surface area contributed by atoms with Crippen molar-refractivity contribution in [1.29, 1.82) is 0 Å². The lowest BCUT2D eigenvalue weighted by molar-refractivity contribution is -0.138. The van der Waals surface area contributed by atoms with Gasteiger partial charge >= 0.3 is 11.9 Å². The molecule has 0 aliphatic heterocycles. The molecular formula is C12H22O4Si. The number of ether oxygens (including phenoxy) is 1. The Bertz CT molecular complexity index is 274. The maximum absolute atomic E-state index is 11.6. The minimum atomic E-state index is -1.92. The van der Waals surface area contributed by atoms with Crippen molar-refractivity contribution in [3.63, 3.8) is 0 Å². The summed E-state index contributed by atoms with van der Waals surface area (Å²) in [7, 11) is -1.92. The van der Waals surface area contributed by atoms with E-state index in [1.165, 1.54) is 0 Å². The van der Waals surface area contributed by atoms with E-state index in [-0.39, 0.29) is 0 Å². The summed E-state index contributed by atoms with van der Waals surface area (Å²) < 4.78 is 10.2. The number of carbonyl (C=O) groups is 2. The first-order valence-electron chi connectivity index (χ1n) is 6.11. The first-order chi connectivity index (χ1) is 8.03. The molecule has 0 spiro atoms. The normalized spacial score (nSPS) is 11.5. The third-order valence-electron chi connectivity index (χ3n) is 2.89. The second-order valence-electron chi connectivity index (χ2n) is 3.75. The highest BCUT2D eigenvalue weighted by atomic mass is 28.4. The third-order valence-corrected chi connectivity index (χ3v) is 7.39. The standard InChI is InChI=1S/C12H22O4Si/c1-5-15-11(13)9-10-12(14)16-17(6-2,7-3)8-4/h9-10H,5-8H2,1-4H3/b10-9+. The highest BCUT2D eigenvalue weighted by Crippen LogP contribution is 2.21. The Morgan fingerprint density at radius 2 is 1.41 bits per heavy atom. The molecule has 0 aliphatic rings. The van der Waals surface area contributed by atoms with Gasteiger partial charge in [-0.05, 0) is 25.1 Å². The lowest BCUT2D eigenvalue weighted by Crippen LogP contribution is -2.37. The van der Waals surface area contributed by atoms with E-state index in [9.17, 15) is 9.59 Å². The maximum Gasteiger partial charge on any atom is 0.330 e. The zero-order valence-corrected chi connectivity index (χ0v) is 12.1. The van der Waals surface area contributed by atoms with Gasteiger partial charge in [0.15, 0.2) is 0 Å². The fraction of sp³-hybridized carbons (Fsp3) is 0.667. The monoisotopic (exact) mass is 258 g/mol. The van der Waals surface area contributed by atoms with Gasteiger partial charge in [0.05, 0.1) is 6.61 Å². The molecule has 0 heterocycles. The summed E-state index contributed by atoms with van der Waals surface area (Å²) in [4.78, 5) is 22.6. The van der Waals surface area contributed by atoms with E-state index in [1.54, 1.807) is 6.92 Å². The van der Waals surface area contributed by atoms with E-state index >= 15 is 0 Å². The van der Waals surface area contributed by atoms with Gasteiger partial charge in [0.2, 0.25) is 0 Å². The molecular weight excluding hydrogens is 236 g/mol. The van der Waals surface area contributed by atoms with Crippen LogP contribution in [0.2, 0.25) is 18.1 Å².